The Morgan fingerprint density at radius 1 is 1.09 bits per heavy atom. The number of benzene rings is 3. The minimum atomic E-state index is -0.632. The summed E-state index contributed by atoms with van der Waals surface area (Å²) in [5, 5.41) is 12.7. The highest BCUT2D eigenvalue weighted by Gasteiger charge is 2.22. The molecule has 1 heterocycles. The summed E-state index contributed by atoms with van der Waals surface area (Å²) >= 11 is 0. The molecule has 0 aliphatic rings. The lowest BCUT2D eigenvalue weighted by atomic mass is 9.94. The van der Waals surface area contributed by atoms with Gasteiger partial charge in [-0.05, 0) is 53.8 Å². The first-order valence-electron chi connectivity index (χ1n) is 10.7. The number of carbonyl (C=O) groups is 1. The molecule has 0 aliphatic heterocycles. The maximum Gasteiger partial charge on any atom is 0.266 e. The number of rotatable bonds is 9. The zero-order valence-electron chi connectivity index (χ0n) is 18.0. The Bertz CT molecular complexity index is 1220. The summed E-state index contributed by atoms with van der Waals surface area (Å²) in [5.74, 6) is 0.558. The van der Waals surface area contributed by atoms with Crippen molar-refractivity contribution in [2.75, 3.05) is 0 Å². The molecule has 4 aromatic rings. The van der Waals surface area contributed by atoms with Crippen molar-refractivity contribution in [3.63, 3.8) is 0 Å². The maximum atomic E-state index is 11.4. The largest absolute Gasteiger partial charge is 0.489 e. The van der Waals surface area contributed by atoms with Gasteiger partial charge in [0.1, 0.15) is 23.9 Å². The number of hydrogen-bond acceptors (Lipinski definition) is 4. The highest BCUT2D eigenvalue weighted by atomic mass is 16.5. The van der Waals surface area contributed by atoms with Crippen LogP contribution in [-0.4, -0.2) is 27.1 Å². The van der Waals surface area contributed by atoms with Crippen molar-refractivity contribution in [2.45, 2.75) is 38.4 Å². The number of amides is 1. The van der Waals surface area contributed by atoms with Gasteiger partial charge in [-0.3, -0.25) is 4.79 Å². The smallest absolute Gasteiger partial charge is 0.266 e. The van der Waals surface area contributed by atoms with Gasteiger partial charge in [0.2, 0.25) is 0 Å². The van der Waals surface area contributed by atoms with Gasteiger partial charge in [0, 0.05) is 5.92 Å². The van der Waals surface area contributed by atoms with Crippen LogP contribution in [0, 0.1) is 0 Å². The highest BCUT2D eigenvalue weighted by molar-refractivity contribution is 5.90. The Morgan fingerprint density at radius 2 is 1.84 bits per heavy atom. The molecule has 0 unspecified atom stereocenters. The van der Waals surface area contributed by atoms with E-state index in [-0.39, 0.29) is 11.6 Å². The summed E-state index contributed by atoms with van der Waals surface area (Å²) in [7, 11) is 0. The molecule has 0 saturated heterocycles. The predicted octanol–water partition coefficient (Wildman–Crippen LogP) is 4.34. The van der Waals surface area contributed by atoms with Crippen LogP contribution in [0.4, 0.5) is 0 Å². The van der Waals surface area contributed by atoms with Gasteiger partial charge in [0.05, 0.1) is 12.3 Å². The van der Waals surface area contributed by atoms with Crippen molar-refractivity contribution in [3.05, 3.63) is 95.6 Å². The number of nitrogens with zero attached hydrogens (tertiary/aromatic N) is 1. The molecule has 3 aromatic carbocycles. The van der Waals surface area contributed by atoms with Crippen molar-refractivity contribution in [1.29, 1.82) is 0 Å². The predicted molar refractivity (Wildman–Crippen MR) is 125 cm³/mol. The highest BCUT2D eigenvalue weighted by Crippen LogP contribution is 2.27. The quantitative estimate of drug-likeness (QED) is 0.368. The number of aromatic nitrogens is 2. The number of primary amides is 1. The van der Waals surface area contributed by atoms with Crippen molar-refractivity contribution in [3.8, 4) is 5.75 Å². The fourth-order valence-corrected chi connectivity index (χ4v) is 3.91. The van der Waals surface area contributed by atoms with Gasteiger partial charge in [-0.15, -0.1) is 0 Å². The number of nitrogens with one attached hydrogen (secondary N) is 1. The molecular weight excluding hydrogens is 402 g/mol. The number of ether oxygens (including phenoxy) is 1. The van der Waals surface area contributed by atoms with E-state index >= 15 is 0 Å². The summed E-state index contributed by atoms with van der Waals surface area (Å²) in [5.41, 5.74) is 7.71. The molecule has 6 heteroatoms. The number of imidazole rings is 1. The first kappa shape index (κ1) is 21.6. The van der Waals surface area contributed by atoms with Crippen molar-refractivity contribution < 1.29 is 14.6 Å². The minimum absolute atomic E-state index is 0.241. The Labute approximate surface area is 187 Å². The van der Waals surface area contributed by atoms with E-state index in [4.69, 9.17) is 10.5 Å². The first-order chi connectivity index (χ1) is 15.5. The Balaban J connectivity index is 1.45. The molecule has 1 aromatic heterocycles. The summed E-state index contributed by atoms with van der Waals surface area (Å²) in [6, 6.07) is 22.5. The molecule has 0 fully saturated rings. The number of para-hydroxylation sites is 1. The SMILES string of the molecule is C[C@H](O)[C@H](CCc1ccccc1OCc1ccc2ccccc2c1)c1ncc(C(N)=O)[nH]1. The molecule has 6 nitrogen and oxygen atoms in total. The van der Waals surface area contributed by atoms with E-state index in [1.807, 2.05) is 36.4 Å². The van der Waals surface area contributed by atoms with E-state index < -0.39 is 12.0 Å². The second-order valence-electron chi connectivity index (χ2n) is 8.01. The molecule has 0 aliphatic carbocycles. The number of nitrogens with two attached hydrogens (primary N) is 1. The molecule has 0 radical (unpaired) electrons. The van der Waals surface area contributed by atoms with Crippen LogP contribution in [0.2, 0.25) is 0 Å². The Morgan fingerprint density at radius 3 is 2.59 bits per heavy atom. The topological polar surface area (TPSA) is 101 Å². The fraction of sp³-hybridized carbons (Fsp3) is 0.231. The van der Waals surface area contributed by atoms with Gasteiger partial charge in [-0.25, -0.2) is 4.98 Å². The van der Waals surface area contributed by atoms with Crippen molar-refractivity contribution >= 4 is 16.7 Å². The summed E-state index contributed by atoms with van der Waals surface area (Å²) < 4.78 is 6.16. The van der Waals surface area contributed by atoms with Crippen LogP contribution in [0.15, 0.2) is 72.9 Å². The average molecular weight is 430 g/mol. The molecule has 4 rings (SSSR count). The number of hydrogen-bond donors (Lipinski definition) is 3. The van der Waals surface area contributed by atoms with Gasteiger partial charge >= 0.3 is 0 Å². The third-order valence-corrected chi connectivity index (χ3v) is 5.70. The molecule has 164 valence electrons. The third-order valence-electron chi connectivity index (χ3n) is 5.70. The second kappa shape index (κ2) is 9.66. The van der Waals surface area contributed by atoms with Crippen LogP contribution < -0.4 is 10.5 Å². The van der Waals surface area contributed by atoms with Gasteiger partial charge in [-0.1, -0.05) is 54.6 Å². The van der Waals surface area contributed by atoms with Crippen molar-refractivity contribution in [2.24, 2.45) is 5.73 Å². The molecule has 4 N–H and O–H groups in total. The minimum Gasteiger partial charge on any atom is -0.489 e. The Kier molecular flexibility index (Phi) is 6.52. The van der Waals surface area contributed by atoms with Gasteiger partial charge in [0.15, 0.2) is 0 Å². The zero-order chi connectivity index (χ0) is 22.5. The van der Waals surface area contributed by atoms with Crippen molar-refractivity contribution in [1.82, 2.24) is 9.97 Å². The third kappa shape index (κ3) is 4.98. The number of aryl methyl sites for hydroxylation is 1. The lowest BCUT2D eigenvalue weighted by Crippen LogP contribution is -2.18. The Hall–Kier alpha value is -3.64. The van der Waals surface area contributed by atoms with Gasteiger partial charge < -0.3 is 20.6 Å². The molecule has 2 atom stereocenters. The van der Waals surface area contributed by atoms with Gasteiger partial charge in [-0.2, -0.15) is 0 Å². The molecule has 0 spiro atoms. The van der Waals surface area contributed by atoms with E-state index in [2.05, 4.69) is 40.3 Å². The fourth-order valence-electron chi connectivity index (χ4n) is 3.91. The van der Waals surface area contributed by atoms with Crippen LogP contribution in [0.5, 0.6) is 5.75 Å². The molecule has 1 amide bonds. The number of carbonyl (C=O) groups excluding carboxylic acids is 1. The first-order valence-corrected chi connectivity index (χ1v) is 10.7. The van der Waals surface area contributed by atoms with Crippen LogP contribution in [0.1, 0.15) is 46.7 Å². The monoisotopic (exact) mass is 429 g/mol. The molecule has 0 saturated carbocycles. The molecular formula is C26H27N3O3. The summed E-state index contributed by atoms with van der Waals surface area (Å²) in [6.07, 6.45) is 2.11. The molecule has 0 bridgehead atoms. The zero-order valence-corrected chi connectivity index (χ0v) is 18.0. The van der Waals surface area contributed by atoms with E-state index in [0.29, 0.717) is 25.3 Å². The number of H-pyrrole nitrogens is 1. The lowest BCUT2D eigenvalue weighted by Gasteiger charge is -2.19. The maximum absolute atomic E-state index is 11.4. The number of aromatic amines is 1. The van der Waals surface area contributed by atoms with Crippen LogP contribution in [0.3, 0.4) is 0 Å². The van der Waals surface area contributed by atoms with E-state index in [1.54, 1.807) is 6.92 Å². The number of aliphatic hydroxyl groups excluding tert-OH is 1. The van der Waals surface area contributed by atoms with Crippen LogP contribution >= 0.6 is 0 Å². The van der Waals surface area contributed by atoms with Crippen LogP contribution in [-0.2, 0) is 13.0 Å². The average Bonchev–Trinajstić information content (AvgIpc) is 3.28. The number of aliphatic hydroxyl groups is 1. The van der Waals surface area contributed by atoms with E-state index in [0.717, 1.165) is 16.9 Å². The van der Waals surface area contributed by atoms with E-state index in [9.17, 15) is 9.90 Å². The summed E-state index contributed by atoms with van der Waals surface area (Å²) in [6.45, 7) is 2.20. The standard InChI is InChI=1S/C26H27N3O3/c1-17(30)22(26-28-15-23(29-26)25(27)31)13-12-20-7-4-5-9-24(20)32-16-18-10-11-19-6-2-3-8-21(19)14-18/h2-11,14-15,17,22,30H,12-13,16H2,1H3,(H2,27,31)(H,28,29)/t17-,22-/m0/s1. The lowest BCUT2D eigenvalue weighted by molar-refractivity contribution is 0.0995. The molecule has 32 heavy (non-hydrogen) atoms. The second-order valence-corrected chi connectivity index (χ2v) is 8.01. The number of fused-ring (bicyclic) bond motifs is 1. The van der Waals surface area contributed by atoms with Gasteiger partial charge in [0.25, 0.3) is 5.91 Å². The normalized spacial score (nSPS) is 13.1. The van der Waals surface area contributed by atoms with Crippen LogP contribution in [0.25, 0.3) is 10.8 Å². The van der Waals surface area contributed by atoms with E-state index in [1.165, 1.54) is 17.0 Å². The summed E-state index contributed by atoms with van der Waals surface area (Å²) in [4.78, 5) is 18.5.